The van der Waals surface area contributed by atoms with Gasteiger partial charge < -0.3 is 4.74 Å². The van der Waals surface area contributed by atoms with Crippen LogP contribution in [0.4, 0.5) is 0 Å². The van der Waals surface area contributed by atoms with Gasteiger partial charge in [-0.25, -0.2) is 9.79 Å². The van der Waals surface area contributed by atoms with E-state index in [2.05, 4.69) is 4.99 Å². The number of carbonyl (C=O) groups excluding carboxylic acids is 2. The Hall–Kier alpha value is -1.67. The number of hydrogen-bond acceptors (Lipinski definition) is 4. The number of nitrogens with zero attached hydrogens (tertiary/aromatic N) is 1. The first-order chi connectivity index (χ1) is 6.20. The molecule has 68 valence electrons. The molecule has 0 spiro atoms. The summed E-state index contributed by atoms with van der Waals surface area (Å²) in [5.74, 6) is 1.62. The van der Waals surface area contributed by atoms with Gasteiger partial charge in [0.25, 0.3) is 0 Å². The molecular formula is C9H9NO3. The summed E-state index contributed by atoms with van der Waals surface area (Å²) in [5, 5.41) is 0. The molecule has 0 aromatic heterocycles. The first-order valence-electron chi connectivity index (χ1n) is 3.88. The molecule has 1 heterocycles. The lowest BCUT2D eigenvalue weighted by Crippen LogP contribution is -2.10. The van der Waals surface area contributed by atoms with Gasteiger partial charge in [0.1, 0.15) is 11.5 Å². The van der Waals surface area contributed by atoms with E-state index in [1.807, 2.05) is 0 Å². The second kappa shape index (κ2) is 3.83. The maximum Gasteiger partial charge on any atom is 0.233 e. The van der Waals surface area contributed by atoms with Crippen molar-refractivity contribution in [1.82, 2.24) is 0 Å². The SMILES string of the molecule is CCOC1=NC=C(C(C)=O)C1=C=O. The summed E-state index contributed by atoms with van der Waals surface area (Å²) in [5.41, 5.74) is 0.382. The van der Waals surface area contributed by atoms with E-state index in [4.69, 9.17) is 4.74 Å². The Balaban J connectivity index is 2.93. The highest BCUT2D eigenvalue weighted by Crippen LogP contribution is 2.17. The van der Waals surface area contributed by atoms with Crippen LogP contribution in [0.3, 0.4) is 0 Å². The van der Waals surface area contributed by atoms with E-state index in [9.17, 15) is 9.59 Å². The molecule has 0 atom stereocenters. The van der Waals surface area contributed by atoms with Gasteiger partial charge in [0.15, 0.2) is 5.78 Å². The molecule has 1 aliphatic rings. The smallest absolute Gasteiger partial charge is 0.233 e. The van der Waals surface area contributed by atoms with Crippen molar-refractivity contribution in [2.45, 2.75) is 13.8 Å². The van der Waals surface area contributed by atoms with Crippen molar-refractivity contribution in [2.24, 2.45) is 4.99 Å². The zero-order chi connectivity index (χ0) is 9.84. The van der Waals surface area contributed by atoms with E-state index >= 15 is 0 Å². The van der Waals surface area contributed by atoms with Crippen molar-refractivity contribution in [2.75, 3.05) is 6.61 Å². The highest BCUT2D eigenvalue weighted by atomic mass is 16.5. The first kappa shape index (κ1) is 9.42. The van der Waals surface area contributed by atoms with Crippen LogP contribution in [0.15, 0.2) is 22.3 Å². The second-order valence-electron chi connectivity index (χ2n) is 2.44. The van der Waals surface area contributed by atoms with Gasteiger partial charge in [0, 0.05) is 6.20 Å². The average Bonchev–Trinajstić information content (AvgIpc) is 2.48. The summed E-state index contributed by atoms with van der Waals surface area (Å²) in [6.45, 7) is 3.55. The number of carbonyl (C=O) groups is 1. The van der Waals surface area contributed by atoms with Crippen LogP contribution in [0.2, 0.25) is 0 Å². The lowest BCUT2D eigenvalue weighted by atomic mass is 10.1. The van der Waals surface area contributed by atoms with E-state index in [0.29, 0.717) is 6.61 Å². The minimum absolute atomic E-state index is 0.120. The third-order valence-electron chi connectivity index (χ3n) is 1.56. The summed E-state index contributed by atoms with van der Waals surface area (Å²) in [6.07, 6.45) is 1.33. The van der Waals surface area contributed by atoms with Gasteiger partial charge in [0.2, 0.25) is 5.90 Å². The molecule has 0 fully saturated rings. The summed E-state index contributed by atoms with van der Waals surface area (Å²) >= 11 is 0. The lowest BCUT2D eigenvalue weighted by molar-refractivity contribution is -0.113. The Morgan fingerprint density at radius 2 is 2.38 bits per heavy atom. The molecule has 0 bridgehead atoms. The molecule has 0 N–H and O–H groups in total. The number of hydrogen-bond donors (Lipinski definition) is 0. The molecular weight excluding hydrogens is 170 g/mol. The number of aliphatic imine (C=N–C) groups is 1. The van der Waals surface area contributed by atoms with E-state index in [0.717, 1.165) is 0 Å². The van der Waals surface area contributed by atoms with Crippen LogP contribution in [-0.2, 0) is 14.3 Å². The van der Waals surface area contributed by atoms with E-state index in [-0.39, 0.29) is 22.8 Å². The van der Waals surface area contributed by atoms with Gasteiger partial charge in [-0.15, -0.1) is 0 Å². The highest BCUT2D eigenvalue weighted by molar-refractivity contribution is 6.17. The van der Waals surface area contributed by atoms with Crippen molar-refractivity contribution < 1.29 is 14.3 Å². The molecule has 0 radical (unpaired) electrons. The van der Waals surface area contributed by atoms with Gasteiger partial charge in [-0.2, -0.15) is 0 Å². The van der Waals surface area contributed by atoms with Crippen molar-refractivity contribution in [3.8, 4) is 0 Å². The molecule has 13 heavy (non-hydrogen) atoms. The van der Waals surface area contributed by atoms with Crippen LogP contribution in [0, 0.1) is 0 Å². The molecule has 0 amide bonds. The predicted octanol–water partition coefficient (Wildman–Crippen LogP) is 0.666. The van der Waals surface area contributed by atoms with Crippen LogP contribution in [0.5, 0.6) is 0 Å². The molecule has 1 aliphatic heterocycles. The third kappa shape index (κ3) is 1.73. The molecule has 0 aromatic rings. The van der Waals surface area contributed by atoms with Crippen LogP contribution >= 0.6 is 0 Å². The zero-order valence-electron chi connectivity index (χ0n) is 7.46. The van der Waals surface area contributed by atoms with Crippen molar-refractivity contribution in [3.05, 3.63) is 17.3 Å². The predicted molar refractivity (Wildman–Crippen MR) is 47.0 cm³/mol. The standard InChI is InChI=1S/C9H9NO3/c1-3-13-9-8(5-11)7(4-10-9)6(2)12/h4H,3H2,1-2H3. The second-order valence-corrected chi connectivity index (χ2v) is 2.44. The molecule has 0 saturated heterocycles. The fourth-order valence-corrected chi connectivity index (χ4v) is 0.979. The average molecular weight is 179 g/mol. The normalized spacial score (nSPS) is 14.8. The number of ketones is 1. The summed E-state index contributed by atoms with van der Waals surface area (Å²) in [6, 6.07) is 0. The molecule has 4 heteroatoms. The van der Waals surface area contributed by atoms with E-state index in [1.165, 1.54) is 13.1 Å². The Morgan fingerprint density at radius 3 is 2.85 bits per heavy atom. The number of ether oxygens (including phenoxy) is 1. The highest BCUT2D eigenvalue weighted by Gasteiger charge is 2.23. The maximum atomic E-state index is 11.0. The fraction of sp³-hybridized carbons (Fsp3) is 0.333. The van der Waals surface area contributed by atoms with Gasteiger partial charge in [-0.3, -0.25) is 4.79 Å². The minimum Gasteiger partial charge on any atom is -0.477 e. The Bertz CT molecular complexity index is 346. The molecule has 0 unspecified atom stereocenters. The van der Waals surface area contributed by atoms with E-state index < -0.39 is 0 Å². The molecule has 0 aliphatic carbocycles. The topological polar surface area (TPSA) is 55.7 Å². The minimum atomic E-state index is -0.211. The first-order valence-corrected chi connectivity index (χ1v) is 3.88. The molecule has 4 nitrogen and oxygen atoms in total. The van der Waals surface area contributed by atoms with Crippen molar-refractivity contribution in [1.29, 1.82) is 0 Å². The maximum absolute atomic E-state index is 11.0. The molecule has 0 aromatic carbocycles. The van der Waals surface area contributed by atoms with Crippen LogP contribution in [0.1, 0.15) is 13.8 Å². The van der Waals surface area contributed by atoms with Crippen LogP contribution in [0.25, 0.3) is 0 Å². The van der Waals surface area contributed by atoms with Crippen molar-refractivity contribution in [3.63, 3.8) is 0 Å². The van der Waals surface area contributed by atoms with Gasteiger partial charge in [-0.1, -0.05) is 0 Å². The van der Waals surface area contributed by atoms with Gasteiger partial charge in [-0.05, 0) is 13.8 Å². The lowest BCUT2D eigenvalue weighted by Gasteiger charge is -2.02. The zero-order valence-corrected chi connectivity index (χ0v) is 7.46. The number of Topliss-reactive ketones (excluding diaryl/α,β-unsaturated/α-hetero) is 1. The van der Waals surface area contributed by atoms with Gasteiger partial charge >= 0.3 is 0 Å². The van der Waals surface area contributed by atoms with Crippen LogP contribution in [-0.4, -0.2) is 24.2 Å². The molecule has 1 rings (SSSR count). The quantitative estimate of drug-likeness (QED) is 0.585. The largest absolute Gasteiger partial charge is 0.477 e. The van der Waals surface area contributed by atoms with E-state index in [1.54, 1.807) is 12.9 Å². The summed E-state index contributed by atoms with van der Waals surface area (Å²) < 4.78 is 5.03. The third-order valence-corrected chi connectivity index (χ3v) is 1.56. The number of rotatable bonds is 2. The molecule has 0 saturated carbocycles. The Kier molecular flexibility index (Phi) is 2.77. The summed E-state index contributed by atoms with van der Waals surface area (Å²) in [4.78, 5) is 25.3. The Morgan fingerprint density at radius 1 is 1.69 bits per heavy atom. The Labute approximate surface area is 75.6 Å². The van der Waals surface area contributed by atoms with Crippen molar-refractivity contribution >= 4 is 17.6 Å². The van der Waals surface area contributed by atoms with Crippen LogP contribution < -0.4 is 0 Å². The monoisotopic (exact) mass is 179 g/mol. The van der Waals surface area contributed by atoms with Gasteiger partial charge in [0.05, 0.1) is 12.2 Å². The fourth-order valence-electron chi connectivity index (χ4n) is 0.979. The summed E-state index contributed by atoms with van der Waals surface area (Å²) in [7, 11) is 0.